The van der Waals surface area contributed by atoms with Crippen molar-refractivity contribution in [3.05, 3.63) is 58.8 Å². The predicted molar refractivity (Wildman–Crippen MR) is 83.5 cm³/mol. The fourth-order valence-corrected chi connectivity index (χ4v) is 4.65. The van der Waals surface area contributed by atoms with Gasteiger partial charge in [0.25, 0.3) is 0 Å². The van der Waals surface area contributed by atoms with Crippen LogP contribution in [-0.4, -0.2) is 11.2 Å². The summed E-state index contributed by atoms with van der Waals surface area (Å²) in [5.41, 5.74) is 8.30. The quantitative estimate of drug-likeness (QED) is 0.569. The number of hydrogen-bond donors (Lipinski definition) is 0. The topological polar surface area (TPSA) is 12.9 Å². The average Bonchev–Trinajstić information content (AvgIpc) is 2.49. The number of thioether (sulfide) groups is 1. The number of hydrogen-bond acceptors (Lipinski definition) is 2. The van der Waals surface area contributed by atoms with Crippen LogP contribution in [0, 0.1) is 0 Å². The Hall–Kier alpha value is -1.54. The molecule has 98 valence electrons. The first-order valence-corrected chi connectivity index (χ1v) is 8.47. The second kappa shape index (κ2) is 3.76. The summed E-state index contributed by atoms with van der Waals surface area (Å²) in [6, 6.07) is 9.37. The van der Waals surface area contributed by atoms with Gasteiger partial charge in [-0.2, -0.15) is 0 Å². The lowest BCUT2D eigenvalue weighted by Gasteiger charge is -2.29. The van der Waals surface area contributed by atoms with Crippen LogP contribution in [0.1, 0.15) is 34.2 Å². The third kappa shape index (κ3) is 1.28. The van der Waals surface area contributed by atoms with Gasteiger partial charge in [0.1, 0.15) is 0 Å². The molecule has 5 bridgehead atoms. The van der Waals surface area contributed by atoms with Gasteiger partial charge in [0.15, 0.2) is 0 Å². The van der Waals surface area contributed by atoms with E-state index in [1.165, 1.54) is 38.5 Å². The van der Waals surface area contributed by atoms with Gasteiger partial charge in [-0.05, 0) is 47.9 Å². The van der Waals surface area contributed by atoms with Crippen molar-refractivity contribution in [2.45, 2.75) is 29.6 Å². The predicted octanol–water partition coefficient (Wildman–Crippen LogP) is 4.32. The molecule has 3 aliphatic rings. The Balaban J connectivity index is 1.93. The molecule has 2 heteroatoms. The molecule has 0 spiro atoms. The second-order valence-electron chi connectivity index (χ2n) is 5.94. The lowest BCUT2D eigenvalue weighted by molar-refractivity contribution is 0.651. The lowest BCUT2D eigenvalue weighted by Crippen LogP contribution is -2.15. The van der Waals surface area contributed by atoms with Crippen LogP contribution in [0.3, 0.4) is 0 Å². The number of aryl methyl sites for hydroxylation is 2. The highest BCUT2D eigenvalue weighted by molar-refractivity contribution is 7.98. The van der Waals surface area contributed by atoms with Crippen molar-refractivity contribution in [2.24, 2.45) is 0 Å². The molecule has 0 N–H and O–H groups in total. The number of pyridine rings is 1. The Kier molecular flexibility index (Phi) is 2.10. The largest absolute Gasteiger partial charge is 0.251 e. The van der Waals surface area contributed by atoms with E-state index in [0.29, 0.717) is 11.8 Å². The Labute approximate surface area is 123 Å². The zero-order valence-electron chi connectivity index (χ0n) is 11.4. The summed E-state index contributed by atoms with van der Waals surface area (Å²) in [5.74, 6) is 1.02. The first-order chi connectivity index (χ1) is 9.85. The van der Waals surface area contributed by atoms with Crippen molar-refractivity contribution in [2.75, 3.05) is 6.26 Å². The highest BCUT2D eigenvalue weighted by atomic mass is 32.2. The van der Waals surface area contributed by atoms with Crippen LogP contribution in [0.2, 0.25) is 0 Å². The summed E-state index contributed by atoms with van der Waals surface area (Å²) >= 11 is 1.87. The van der Waals surface area contributed by atoms with Crippen molar-refractivity contribution >= 4 is 11.8 Å². The van der Waals surface area contributed by atoms with Crippen molar-refractivity contribution in [3.63, 3.8) is 0 Å². The van der Waals surface area contributed by atoms with Crippen molar-refractivity contribution in [1.82, 2.24) is 4.98 Å². The number of benzene rings is 1. The van der Waals surface area contributed by atoms with Gasteiger partial charge in [0.2, 0.25) is 0 Å². The monoisotopic (exact) mass is 277 g/mol. The molecule has 1 aromatic carbocycles. The zero-order chi connectivity index (χ0) is 13.3. The first-order valence-electron chi connectivity index (χ1n) is 7.24. The van der Waals surface area contributed by atoms with Gasteiger partial charge in [-0.25, -0.2) is 0 Å². The Bertz CT molecular complexity index is 775. The lowest BCUT2D eigenvalue weighted by atomic mass is 9.75. The molecule has 0 radical (unpaired) electrons. The molecule has 1 aliphatic heterocycles. The van der Waals surface area contributed by atoms with Gasteiger partial charge in [-0.15, -0.1) is 11.8 Å². The molecule has 2 heterocycles. The molecular weight excluding hydrogens is 262 g/mol. The maximum atomic E-state index is 5.03. The smallest absolute Gasteiger partial charge is 0.0712 e. The number of rotatable bonds is 1. The highest BCUT2D eigenvalue weighted by Gasteiger charge is 2.36. The molecule has 1 nitrogen and oxygen atoms in total. The Morgan fingerprint density at radius 1 is 1.10 bits per heavy atom. The van der Waals surface area contributed by atoms with Crippen molar-refractivity contribution in [1.29, 1.82) is 0 Å². The van der Waals surface area contributed by atoms with Crippen molar-refractivity contribution < 1.29 is 0 Å². The van der Waals surface area contributed by atoms with Crippen LogP contribution in [0.15, 0.2) is 41.3 Å². The standard InChI is InChI=1S/C18H15NS/c1-20-18-11-4-2-10-3-5-13-12-6-7-14(12)17(18)19-16(9-11)15(13)8-10/h3,5-9,12,14H,2,4H2,1H3. The highest BCUT2D eigenvalue weighted by Crippen LogP contribution is 2.51. The van der Waals surface area contributed by atoms with E-state index in [9.17, 15) is 0 Å². The second-order valence-corrected chi connectivity index (χ2v) is 6.76. The maximum absolute atomic E-state index is 5.03. The summed E-state index contributed by atoms with van der Waals surface area (Å²) in [6.07, 6.45) is 9.16. The van der Waals surface area contributed by atoms with Crippen LogP contribution < -0.4 is 0 Å². The van der Waals surface area contributed by atoms with E-state index in [-0.39, 0.29) is 0 Å². The van der Waals surface area contributed by atoms with Gasteiger partial charge in [-0.1, -0.05) is 24.3 Å². The van der Waals surface area contributed by atoms with Crippen LogP contribution in [0.25, 0.3) is 11.3 Å². The minimum atomic E-state index is 0.487. The van der Waals surface area contributed by atoms with Crippen molar-refractivity contribution in [3.8, 4) is 11.3 Å². The molecule has 20 heavy (non-hydrogen) atoms. The third-order valence-corrected chi connectivity index (χ3v) is 5.82. The maximum Gasteiger partial charge on any atom is 0.0712 e. The molecule has 5 rings (SSSR count). The summed E-state index contributed by atoms with van der Waals surface area (Å²) in [7, 11) is 0. The molecule has 2 unspecified atom stereocenters. The van der Waals surface area contributed by atoms with Crippen LogP contribution in [-0.2, 0) is 12.8 Å². The van der Waals surface area contributed by atoms with Gasteiger partial charge >= 0.3 is 0 Å². The van der Waals surface area contributed by atoms with Gasteiger partial charge in [0, 0.05) is 22.3 Å². The molecule has 0 saturated heterocycles. The fourth-order valence-electron chi connectivity index (χ4n) is 3.84. The summed E-state index contributed by atoms with van der Waals surface area (Å²) in [6.45, 7) is 0. The van der Waals surface area contributed by atoms with E-state index in [1.807, 2.05) is 11.8 Å². The zero-order valence-corrected chi connectivity index (χ0v) is 12.2. The summed E-state index contributed by atoms with van der Waals surface area (Å²) in [5, 5.41) is 0. The number of aromatic nitrogens is 1. The van der Waals surface area contributed by atoms with E-state index >= 15 is 0 Å². The molecule has 0 fully saturated rings. The van der Waals surface area contributed by atoms with Crippen LogP contribution in [0.5, 0.6) is 0 Å². The Morgan fingerprint density at radius 2 is 2.00 bits per heavy atom. The minimum Gasteiger partial charge on any atom is -0.251 e. The van der Waals surface area contributed by atoms with Gasteiger partial charge < -0.3 is 0 Å². The molecule has 2 aliphatic carbocycles. The molecular formula is C18H15NS. The number of allylic oxidation sites excluding steroid dienone is 2. The van der Waals surface area contributed by atoms with E-state index in [4.69, 9.17) is 4.98 Å². The molecule has 0 amide bonds. The average molecular weight is 277 g/mol. The van der Waals surface area contributed by atoms with Crippen LogP contribution >= 0.6 is 11.8 Å². The molecule has 2 atom stereocenters. The SMILES string of the molecule is CSc1c2cc3nc1C1C=CC1c1ccc(cc1-3)CC2. The first kappa shape index (κ1) is 11.2. The third-order valence-electron chi connectivity index (χ3n) is 4.94. The van der Waals surface area contributed by atoms with Gasteiger partial charge in [-0.3, -0.25) is 4.98 Å². The Morgan fingerprint density at radius 3 is 2.80 bits per heavy atom. The molecule has 0 saturated carbocycles. The summed E-state index contributed by atoms with van der Waals surface area (Å²) in [4.78, 5) is 6.46. The van der Waals surface area contributed by atoms with Gasteiger partial charge in [0.05, 0.1) is 11.4 Å². The van der Waals surface area contributed by atoms with E-state index in [1.54, 1.807) is 0 Å². The number of nitrogens with zero attached hydrogens (tertiary/aromatic N) is 1. The number of fused-ring (bicyclic) bond motifs is 6. The molecule has 1 aromatic heterocycles. The normalized spacial score (nSPS) is 23.9. The van der Waals surface area contributed by atoms with E-state index in [0.717, 1.165) is 12.8 Å². The fraction of sp³-hybridized carbons (Fsp3) is 0.278. The van der Waals surface area contributed by atoms with E-state index in [2.05, 4.69) is 42.7 Å². The summed E-state index contributed by atoms with van der Waals surface area (Å²) < 4.78 is 0. The van der Waals surface area contributed by atoms with Crippen LogP contribution in [0.4, 0.5) is 0 Å². The molecule has 2 aromatic rings. The minimum absolute atomic E-state index is 0.487. The van der Waals surface area contributed by atoms with E-state index < -0.39 is 0 Å².